The number of likely N-dealkylation sites (tertiary alicyclic amines) is 1. The molecule has 4 aromatic heterocycles. The van der Waals surface area contributed by atoms with E-state index in [4.69, 9.17) is 0 Å². The fraction of sp³-hybridized carbons (Fsp3) is 0.379. The Morgan fingerprint density at radius 2 is 1.88 bits per heavy atom. The number of aryl methyl sites for hydroxylation is 2. The molecule has 2 aliphatic rings. The second kappa shape index (κ2) is 10.2. The lowest BCUT2D eigenvalue weighted by Gasteiger charge is -2.35. The van der Waals surface area contributed by atoms with Gasteiger partial charge in [0.2, 0.25) is 11.6 Å². The number of Topliss-reactive ketones (excluding diaryl/α,β-unsaturated/α-hetero) is 1. The van der Waals surface area contributed by atoms with Gasteiger partial charge in [0.15, 0.2) is 5.78 Å². The van der Waals surface area contributed by atoms with E-state index in [-0.39, 0.29) is 42.9 Å². The Kier molecular flexibility index (Phi) is 6.90. The molecule has 0 bridgehead atoms. The van der Waals surface area contributed by atoms with Crippen molar-refractivity contribution in [1.82, 2.24) is 34.6 Å². The minimum absolute atomic E-state index is 0.0335. The summed E-state index contributed by atoms with van der Waals surface area (Å²) < 4.78 is 1.83. The maximum absolute atomic E-state index is 13.9. The fourth-order valence-electron chi connectivity index (χ4n) is 6.01. The molecule has 14 heteroatoms. The van der Waals surface area contributed by atoms with E-state index in [0.29, 0.717) is 50.3 Å². The number of nitrogens with zero attached hydrogens (tertiary/aromatic N) is 7. The van der Waals surface area contributed by atoms with Crippen molar-refractivity contribution in [3.05, 3.63) is 58.0 Å². The normalized spacial score (nSPS) is 22.5. The predicted octanol–water partition coefficient (Wildman–Crippen LogP) is 2.70. The number of carbonyl (C=O) groups is 3. The number of carbonyl (C=O) groups excluding carboxylic acids is 3. The van der Waals surface area contributed by atoms with E-state index in [1.807, 2.05) is 6.92 Å². The highest BCUT2D eigenvalue weighted by molar-refractivity contribution is 9.10. The molecule has 4 aromatic rings. The molecule has 43 heavy (non-hydrogen) atoms. The molecule has 1 aliphatic carbocycles. The molecule has 0 radical (unpaired) electrons. The van der Waals surface area contributed by atoms with E-state index in [0.717, 1.165) is 0 Å². The number of ketones is 1. The van der Waals surface area contributed by atoms with Gasteiger partial charge in [0.1, 0.15) is 28.5 Å². The van der Waals surface area contributed by atoms with Gasteiger partial charge in [-0.3, -0.25) is 24.0 Å². The Morgan fingerprint density at radius 1 is 1.16 bits per heavy atom. The molecule has 1 saturated carbocycles. The molecule has 3 N–H and O–H groups in total. The van der Waals surface area contributed by atoms with Crippen LogP contribution in [0.2, 0.25) is 0 Å². The molecule has 0 spiro atoms. The van der Waals surface area contributed by atoms with Crippen LogP contribution in [0.3, 0.4) is 0 Å². The lowest BCUT2D eigenvalue weighted by Crippen LogP contribution is -2.58. The topological polar surface area (TPSA) is 176 Å². The van der Waals surface area contributed by atoms with Gasteiger partial charge in [-0.25, -0.2) is 15.0 Å². The average Bonchev–Trinajstić information content (AvgIpc) is 3.32. The predicted molar refractivity (Wildman–Crippen MR) is 157 cm³/mol. The minimum Gasteiger partial charge on any atom is -0.392 e. The molecule has 1 aliphatic heterocycles. The zero-order valence-electron chi connectivity index (χ0n) is 23.9. The number of fused-ring (bicyclic) bond motifs is 2. The number of halogens is 1. The molecule has 2 fully saturated rings. The molecule has 13 nitrogen and oxygen atoms in total. The van der Waals surface area contributed by atoms with Gasteiger partial charge >= 0.3 is 0 Å². The number of pyridine rings is 2. The molecular weight excluding hydrogens is 620 g/mol. The SMILES string of the molecule is CC(=O)c1nn(CC(=O)N2[C@@H]3C[C@]3(C)C[C@@]2(O)C(=O)Nc2nc(Br)ccc2CO)c2c(C)nc(-c3cnc(C)nc3)cc12. The number of piperidine rings is 1. The summed E-state index contributed by atoms with van der Waals surface area (Å²) in [4.78, 5) is 58.7. The van der Waals surface area contributed by atoms with Crippen LogP contribution in [0.25, 0.3) is 22.2 Å². The summed E-state index contributed by atoms with van der Waals surface area (Å²) in [6, 6.07) is 4.58. The van der Waals surface area contributed by atoms with Crippen molar-refractivity contribution in [2.75, 3.05) is 5.32 Å². The third-order valence-corrected chi connectivity index (χ3v) is 8.68. The molecule has 1 saturated heterocycles. The summed E-state index contributed by atoms with van der Waals surface area (Å²) in [6.07, 6.45) is 3.96. The van der Waals surface area contributed by atoms with Crippen LogP contribution in [0.1, 0.15) is 54.3 Å². The highest BCUT2D eigenvalue weighted by Gasteiger charge is 2.71. The van der Waals surface area contributed by atoms with Crippen LogP contribution in [-0.2, 0) is 22.7 Å². The van der Waals surface area contributed by atoms with Crippen LogP contribution in [0, 0.1) is 19.3 Å². The van der Waals surface area contributed by atoms with E-state index >= 15 is 0 Å². The van der Waals surface area contributed by atoms with Gasteiger partial charge in [-0.15, -0.1) is 0 Å². The first kappa shape index (κ1) is 29.0. The summed E-state index contributed by atoms with van der Waals surface area (Å²) in [5.41, 5.74) is 0.170. The summed E-state index contributed by atoms with van der Waals surface area (Å²) >= 11 is 3.25. The van der Waals surface area contributed by atoms with Gasteiger partial charge in [-0.1, -0.05) is 13.0 Å². The number of aliphatic hydroxyl groups is 2. The van der Waals surface area contributed by atoms with E-state index in [1.165, 1.54) is 16.5 Å². The van der Waals surface area contributed by atoms with E-state index in [9.17, 15) is 24.6 Å². The molecule has 0 aromatic carbocycles. The zero-order valence-corrected chi connectivity index (χ0v) is 25.5. The number of anilines is 1. The Morgan fingerprint density at radius 3 is 2.56 bits per heavy atom. The maximum Gasteiger partial charge on any atom is 0.278 e. The smallest absolute Gasteiger partial charge is 0.278 e. The van der Waals surface area contributed by atoms with Gasteiger partial charge in [0, 0.05) is 48.3 Å². The standard InChI is InChI=1S/C29H29BrN8O5/c1-14-25-19(7-20(33-14)18-9-31-16(3)32-10-18)24(15(2)40)36-37(25)11-23(41)38-21-8-28(21,4)13-29(38,43)27(42)35-26-17(12-39)5-6-22(30)34-26/h5-7,9-10,21,39,43H,8,11-13H2,1-4H3,(H,34,35,42)/t21-,28-,29-/m1/s1. The third-order valence-electron chi connectivity index (χ3n) is 8.24. The number of aliphatic hydroxyl groups excluding tert-OH is 1. The Labute approximate surface area is 254 Å². The van der Waals surface area contributed by atoms with E-state index < -0.39 is 23.0 Å². The Balaban J connectivity index is 1.34. The van der Waals surface area contributed by atoms with Crippen LogP contribution in [0.15, 0.2) is 35.2 Å². The first-order valence-corrected chi connectivity index (χ1v) is 14.4. The number of hydrogen-bond donors (Lipinski definition) is 3. The lowest BCUT2D eigenvalue weighted by molar-refractivity contribution is -0.168. The van der Waals surface area contributed by atoms with E-state index in [2.05, 4.69) is 46.3 Å². The highest BCUT2D eigenvalue weighted by Crippen LogP contribution is 2.62. The minimum atomic E-state index is -2.16. The molecular formula is C29H29BrN8O5. The van der Waals surface area contributed by atoms with Crippen LogP contribution in [0.4, 0.5) is 5.82 Å². The van der Waals surface area contributed by atoms with Crippen molar-refractivity contribution in [2.45, 2.75) is 65.5 Å². The molecule has 5 heterocycles. The van der Waals surface area contributed by atoms with E-state index in [1.54, 1.807) is 44.4 Å². The van der Waals surface area contributed by atoms with Crippen molar-refractivity contribution in [1.29, 1.82) is 0 Å². The van der Waals surface area contributed by atoms with Crippen molar-refractivity contribution in [3.8, 4) is 11.3 Å². The van der Waals surface area contributed by atoms with Crippen molar-refractivity contribution >= 4 is 50.2 Å². The highest BCUT2D eigenvalue weighted by atomic mass is 79.9. The first-order valence-electron chi connectivity index (χ1n) is 13.6. The largest absolute Gasteiger partial charge is 0.392 e. The van der Waals surface area contributed by atoms with Crippen LogP contribution < -0.4 is 5.32 Å². The number of hydrogen-bond acceptors (Lipinski definition) is 10. The monoisotopic (exact) mass is 648 g/mol. The number of aromatic nitrogens is 6. The third kappa shape index (κ3) is 4.88. The molecule has 2 amide bonds. The van der Waals surface area contributed by atoms with Crippen molar-refractivity contribution < 1.29 is 24.6 Å². The molecule has 6 rings (SSSR count). The molecule has 0 unspecified atom stereocenters. The van der Waals surface area contributed by atoms with Crippen molar-refractivity contribution in [3.63, 3.8) is 0 Å². The van der Waals surface area contributed by atoms with Gasteiger partial charge in [-0.2, -0.15) is 5.10 Å². The van der Waals surface area contributed by atoms with Crippen molar-refractivity contribution in [2.24, 2.45) is 5.41 Å². The Bertz CT molecular complexity index is 1830. The second-order valence-electron chi connectivity index (χ2n) is 11.5. The zero-order chi connectivity index (χ0) is 30.8. The first-order chi connectivity index (χ1) is 20.3. The molecule has 3 atom stereocenters. The van der Waals surface area contributed by atoms with Gasteiger partial charge in [0.05, 0.1) is 23.5 Å². The maximum atomic E-state index is 13.9. The summed E-state index contributed by atoms with van der Waals surface area (Å²) in [5.74, 6) is -0.966. The summed E-state index contributed by atoms with van der Waals surface area (Å²) in [5, 5.41) is 29.1. The number of rotatable bonds is 7. The Hall–Kier alpha value is -4.14. The summed E-state index contributed by atoms with van der Waals surface area (Å²) in [7, 11) is 0. The van der Waals surface area contributed by atoms with Gasteiger partial charge in [0.25, 0.3) is 5.91 Å². The van der Waals surface area contributed by atoms with Crippen LogP contribution in [0.5, 0.6) is 0 Å². The molecule has 222 valence electrons. The van der Waals surface area contributed by atoms with Crippen LogP contribution >= 0.6 is 15.9 Å². The van der Waals surface area contributed by atoms with Gasteiger partial charge in [-0.05, 0) is 53.7 Å². The fourth-order valence-corrected chi connectivity index (χ4v) is 6.32. The van der Waals surface area contributed by atoms with Gasteiger partial charge < -0.3 is 20.4 Å². The van der Waals surface area contributed by atoms with Crippen LogP contribution in [-0.4, -0.2) is 74.2 Å². The lowest BCUT2D eigenvalue weighted by atomic mass is 9.98. The number of amides is 2. The average molecular weight is 650 g/mol. The second-order valence-corrected chi connectivity index (χ2v) is 12.3. The summed E-state index contributed by atoms with van der Waals surface area (Å²) in [6.45, 7) is 6.14. The number of nitrogens with one attached hydrogen (secondary N) is 1. The quantitative estimate of drug-likeness (QED) is 0.199.